The summed E-state index contributed by atoms with van der Waals surface area (Å²) in [5.74, 6) is -0.175. The first-order chi connectivity index (χ1) is 9.31. The highest BCUT2D eigenvalue weighted by Gasteiger charge is 2.19. The van der Waals surface area contributed by atoms with Crippen molar-refractivity contribution in [3.05, 3.63) is 48.0 Å². The van der Waals surface area contributed by atoms with Crippen molar-refractivity contribution in [3.63, 3.8) is 0 Å². The Kier molecular flexibility index (Phi) is 3.47. The zero-order valence-electron chi connectivity index (χ0n) is 10.7. The fourth-order valence-corrected chi connectivity index (χ4v) is 2.35. The minimum absolute atomic E-state index is 0.0621. The van der Waals surface area contributed by atoms with Crippen LogP contribution in [0, 0.1) is 0 Å². The van der Waals surface area contributed by atoms with Crippen LogP contribution in [0.25, 0.3) is 10.8 Å². The summed E-state index contributed by atoms with van der Waals surface area (Å²) in [6, 6.07) is 14.2. The van der Waals surface area contributed by atoms with Crippen molar-refractivity contribution < 1.29 is 14.3 Å². The third kappa shape index (κ3) is 2.93. The largest absolute Gasteiger partial charge is 0.460 e. The maximum Gasteiger partial charge on any atom is 0.310 e. The van der Waals surface area contributed by atoms with E-state index in [1.165, 1.54) is 5.39 Å². The maximum atomic E-state index is 11.8. The van der Waals surface area contributed by atoms with Crippen LogP contribution in [0.1, 0.15) is 12.0 Å². The number of hydrogen-bond acceptors (Lipinski definition) is 3. The standard InChI is InChI=1S/C16H16O3/c17-16(19-15-7-8-18-11-15)10-12-5-6-13-3-1-2-4-14(13)9-12/h1-6,9,15H,7-8,10-11H2. The first kappa shape index (κ1) is 12.2. The monoisotopic (exact) mass is 256 g/mol. The van der Waals surface area contributed by atoms with Crippen LogP contribution in [0.2, 0.25) is 0 Å². The summed E-state index contributed by atoms with van der Waals surface area (Å²) in [5, 5.41) is 2.33. The molecule has 0 amide bonds. The van der Waals surface area contributed by atoms with Gasteiger partial charge in [0, 0.05) is 6.42 Å². The minimum atomic E-state index is -0.175. The summed E-state index contributed by atoms with van der Waals surface area (Å²) in [7, 11) is 0. The van der Waals surface area contributed by atoms with Crippen molar-refractivity contribution in [1.29, 1.82) is 0 Å². The zero-order chi connectivity index (χ0) is 13.1. The molecule has 1 fully saturated rings. The molecule has 98 valence electrons. The van der Waals surface area contributed by atoms with Gasteiger partial charge >= 0.3 is 5.97 Å². The van der Waals surface area contributed by atoms with Gasteiger partial charge in [0.1, 0.15) is 6.10 Å². The number of hydrogen-bond donors (Lipinski definition) is 0. The molecule has 1 saturated heterocycles. The number of ether oxygens (including phenoxy) is 2. The summed E-state index contributed by atoms with van der Waals surface area (Å²) in [4.78, 5) is 11.8. The Morgan fingerprint density at radius 2 is 2.05 bits per heavy atom. The smallest absolute Gasteiger partial charge is 0.310 e. The molecule has 3 heteroatoms. The Balaban J connectivity index is 1.68. The molecule has 0 spiro atoms. The third-order valence-electron chi connectivity index (χ3n) is 3.35. The van der Waals surface area contributed by atoms with E-state index in [0.717, 1.165) is 17.4 Å². The molecular weight excluding hydrogens is 240 g/mol. The van der Waals surface area contributed by atoms with Gasteiger partial charge in [-0.25, -0.2) is 0 Å². The molecule has 1 atom stereocenters. The van der Waals surface area contributed by atoms with E-state index in [9.17, 15) is 4.79 Å². The lowest BCUT2D eigenvalue weighted by molar-refractivity contribution is -0.148. The van der Waals surface area contributed by atoms with Gasteiger partial charge in [-0.3, -0.25) is 4.79 Å². The Hall–Kier alpha value is -1.87. The number of fused-ring (bicyclic) bond motifs is 1. The number of carbonyl (C=O) groups is 1. The lowest BCUT2D eigenvalue weighted by atomic mass is 10.1. The number of carbonyl (C=O) groups excluding carboxylic acids is 1. The molecule has 1 unspecified atom stereocenters. The molecule has 19 heavy (non-hydrogen) atoms. The van der Waals surface area contributed by atoms with Crippen molar-refractivity contribution in [2.24, 2.45) is 0 Å². The summed E-state index contributed by atoms with van der Waals surface area (Å²) < 4.78 is 10.6. The van der Waals surface area contributed by atoms with Crippen LogP contribution in [-0.2, 0) is 20.7 Å². The lowest BCUT2D eigenvalue weighted by Gasteiger charge is -2.10. The number of esters is 1. The predicted octanol–water partition coefficient (Wildman–Crippen LogP) is 2.71. The second kappa shape index (κ2) is 5.41. The van der Waals surface area contributed by atoms with Crippen LogP contribution in [0.4, 0.5) is 0 Å². The van der Waals surface area contributed by atoms with Crippen LogP contribution in [-0.4, -0.2) is 25.3 Å². The molecule has 0 aliphatic carbocycles. The van der Waals surface area contributed by atoms with Crippen LogP contribution in [0.5, 0.6) is 0 Å². The van der Waals surface area contributed by atoms with Crippen molar-refractivity contribution in [1.82, 2.24) is 0 Å². The first-order valence-corrected chi connectivity index (χ1v) is 6.56. The Labute approximate surface area is 112 Å². The normalized spacial score (nSPS) is 18.6. The van der Waals surface area contributed by atoms with Crippen LogP contribution in [0.3, 0.4) is 0 Å². The molecule has 1 heterocycles. The quantitative estimate of drug-likeness (QED) is 0.792. The second-order valence-corrected chi connectivity index (χ2v) is 4.83. The highest BCUT2D eigenvalue weighted by molar-refractivity contribution is 5.84. The Morgan fingerprint density at radius 3 is 2.84 bits per heavy atom. The summed E-state index contributed by atoms with van der Waals surface area (Å²) >= 11 is 0. The molecule has 3 nitrogen and oxygen atoms in total. The van der Waals surface area contributed by atoms with Gasteiger partial charge in [-0.05, 0) is 16.3 Å². The molecule has 3 rings (SSSR count). The van der Waals surface area contributed by atoms with Gasteiger partial charge in [0.15, 0.2) is 0 Å². The second-order valence-electron chi connectivity index (χ2n) is 4.83. The van der Waals surface area contributed by atoms with E-state index in [0.29, 0.717) is 19.6 Å². The molecule has 1 aliphatic heterocycles. The van der Waals surface area contributed by atoms with E-state index in [1.807, 2.05) is 30.3 Å². The lowest BCUT2D eigenvalue weighted by Crippen LogP contribution is -2.19. The highest BCUT2D eigenvalue weighted by atomic mass is 16.6. The van der Waals surface area contributed by atoms with Crippen LogP contribution < -0.4 is 0 Å². The molecule has 0 radical (unpaired) electrons. The van der Waals surface area contributed by atoms with E-state index in [-0.39, 0.29) is 12.1 Å². The minimum Gasteiger partial charge on any atom is -0.460 e. The molecular formula is C16H16O3. The SMILES string of the molecule is O=C(Cc1ccc2ccccc2c1)OC1CCOC1. The molecule has 0 N–H and O–H groups in total. The summed E-state index contributed by atoms with van der Waals surface area (Å²) in [5.41, 5.74) is 0.989. The van der Waals surface area contributed by atoms with Gasteiger partial charge in [0.05, 0.1) is 19.6 Å². The van der Waals surface area contributed by atoms with Crippen LogP contribution in [0.15, 0.2) is 42.5 Å². The average Bonchev–Trinajstić information content (AvgIpc) is 2.91. The van der Waals surface area contributed by atoms with Gasteiger partial charge in [-0.15, -0.1) is 0 Å². The maximum absolute atomic E-state index is 11.8. The van der Waals surface area contributed by atoms with E-state index >= 15 is 0 Å². The molecule has 0 aromatic heterocycles. The van der Waals surface area contributed by atoms with Gasteiger partial charge in [-0.1, -0.05) is 42.5 Å². The van der Waals surface area contributed by atoms with Crippen molar-refractivity contribution >= 4 is 16.7 Å². The number of rotatable bonds is 3. The third-order valence-corrected chi connectivity index (χ3v) is 3.35. The fourth-order valence-electron chi connectivity index (χ4n) is 2.35. The predicted molar refractivity (Wildman–Crippen MR) is 73.0 cm³/mol. The van der Waals surface area contributed by atoms with Gasteiger partial charge in [-0.2, -0.15) is 0 Å². The molecule has 2 aromatic rings. The van der Waals surface area contributed by atoms with Crippen molar-refractivity contribution in [3.8, 4) is 0 Å². The van der Waals surface area contributed by atoms with Gasteiger partial charge < -0.3 is 9.47 Å². The zero-order valence-corrected chi connectivity index (χ0v) is 10.7. The summed E-state index contributed by atoms with van der Waals surface area (Å²) in [6.45, 7) is 1.22. The van der Waals surface area contributed by atoms with Crippen molar-refractivity contribution in [2.75, 3.05) is 13.2 Å². The van der Waals surface area contributed by atoms with Crippen LogP contribution >= 0.6 is 0 Å². The van der Waals surface area contributed by atoms with Gasteiger partial charge in [0.2, 0.25) is 0 Å². The number of benzene rings is 2. The van der Waals surface area contributed by atoms with Crippen molar-refractivity contribution in [2.45, 2.75) is 18.9 Å². The molecule has 0 saturated carbocycles. The fraction of sp³-hybridized carbons (Fsp3) is 0.312. The van der Waals surface area contributed by atoms with E-state index < -0.39 is 0 Å². The van der Waals surface area contributed by atoms with E-state index in [4.69, 9.17) is 9.47 Å². The summed E-state index contributed by atoms with van der Waals surface area (Å²) in [6.07, 6.45) is 1.07. The first-order valence-electron chi connectivity index (χ1n) is 6.56. The Morgan fingerprint density at radius 1 is 1.21 bits per heavy atom. The topological polar surface area (TPSA) is 35.5 Å². The highest BCUT2D eigenvalue weighted by Crippen LogP contribution is 2.17. The average molecular weight is 256 g/mol. The van der Waals surface area contributed by atoms with E-state index in [2.05, 4.69) is 12.1 Å². The Bertz CT molecular complexity index is 585. The molecule has 0 bridgehead atoms. The molecule has 2 aromatic carbocycles. The van der Waals surface area contributed by atoms with Gasteiger partial charge in [0.25, 0.3) is 0 Å². The molecule has 1 aliphatic rings. The van der Waals surface area contributed by atoms with E-state index in [1.54, 1.807) is 0 Å².